The Bertz CT molecular complexity index is 628. The molecular weight excluding hydrogens is 346 g/mol. The highest BCUT2D eigenvalue weighted by Crippen LogP contribution is 2.37. The molecule has 0 aromatic heterocycles. The minimum absolute atomic E-state index is 0.105. The number of halogens is 1. The van der Waals surface area contributed by atoms with Crippen LogP contribution in [0.15, 0.2) is 64.0 Å². The molecule has 1 aliphatic carbocycles. The first-order chi connectivity index (χ1) is 10.2. The van der Waals surface area contributed by atoms with Gasteiger partial charge < -0.3 is 5.32 Å². The lowest BCUT2D eigenvalue weighted by molar-refractivity contribution is -0.120. The molecule has 1 saturated carbocycles. The van der Waals surface area contributed by atoms with Gasteiger partial charge in [0.25, 0.3) is 0 Å². The Morgan fingerprint density at radius 2 is 1.90 bits per heavy atom. The summed E-state index contributed by atoms with van der Waals surface area (Å²) in [6.45, 7) is 0. The van der Waals surface area contributed by atoms with Crippen molar-refractivity contribution in [3.8, 4) is 0 Å². The molecule has 1 aliphatic rings. The van der Waals surface area contributed by atoms with Crippen molar-refractivity contribution in [3.63, 3.8) is 0 Å². The normalized spacial score (nSPS) is 15.5. The first kappa shape index (κ1) is 14.7. The summed E-state index contributed by atoms with van der Waals surface area (Å²) in [6.07, 6.45) is 2.21. The van der Waals surface area contributed by atoms with Crippen LogP contribution in [0.4, 0.5) is 0 Å². The van der Waals surface area contributed by atoms with E-state index in [9.17, 15) is 4.79 Å². The molecule has 21 heavy (non-hydrogen) atoms. The van der Waals surface area contributed by atoms with E-state index in [1.807, 2.05) is 54.6 Å². The van der Waals surface area contributed by atoms with E-state index in [4.69, 9.17) is 0 Å². The predicted octanol–water partition coefficient (Wildman–Crippen LogP) is 4.56. The van der Waals surface area contributed by atoms with Gasteiger partial charge in [0.15, 0.2) is 0 Å². The summed E-state index contributed by atoms with van der Waals surface area (Å²) in [7, 11) is 0. The lowest BCUT2D eigenvalue weighted by atomic mass is 10.1. The smallest absolute Gasteiger partial charge is 0.238 e. The molecule has 1 fully saturated rings. The molecule has 0 aliphatic heterocycles. The molecule has 1 N–H and O–H groups in total. The van der Waals surface area contributed by atoms with Crippen LogP contribution in [0.2, 0.25) is 0 Å². The van der Waals surface area contributed by atoms with Gasteiger partial charge in [-0.25, -0.2) is 0 Å². The molecule has 0 saturated heterocycles. The lowest BCUT2D eigenvalue weighted by Crippen LogP contribution is -2.29. The summed E-state index contributed by atoms with van der Waals surface area (Å²) in [5.74, 6) is 0.105. The second-order valence-corrected chi connectivity index (χ2v) is 7.24. The summed E-state index contributed by atoms with van der Waals surface area (Å²) in [6, 6.07) is 18.4. The average Bonchev–Trinajstić information content (AvgIpc) is 3.29. The van der Waals surface area contributed by atoms with Gasteiger partial charge >= 0.3 is 0 Å². The Morgan fingerprint density at radius 3 is 2.57 bits per heavy atom. The number of benzene rings is 2. The zero-order valence-corrected chi connectivity index (χ0v) is 13.9. The summed E-state index contributed by atoms with van der Waals surface area (Å²) >= 11 is 5.07. The molecule has 0 spiro atoms. The van der Waals surface area contributed by atoms with Gasteiger partial charge in [-0.15, -0.1) is 11.8 Å². The third-order valence-electron chi connectivity index (χ3n) is 3.31. The lowest BCUT2D eigenvalue weighted by Gasteiger charge is -2.17. The van der Waals surface area contributed by atoms with Gasteiger partial charge in [0.1, 0.15) is 5.25 Å². The molecule has 1 amide bonds. The standard InChI is InChI=1S/C17H16BrNOS/c18-13-7-4-8-15(11-13)21-16(12-5-2-1-3-6-12)17(20)19-14-9-10-14/h1-8,11,14,16H,9-10H2,(H,19,20). The molecular formula is C17H16BrNOS. The summed E-state index contributed by atoms with van der Waals surface area (Å²) < 4.78 is 1.03. The van der Waals surface area contributed by atoms with Crippen molar-refractivity contribution in [2.45, 2.75) is 29.0 Å². The molecule has 3 rings (SSSR count). The highest BCUT2D eigenvalue weighted by Gasteiger charge is 2.29. The van der Waals surface area contributed by atoms with Crippen LogP contribution >= 0.6 is 27.7 Å². The van der Waals surface area contributed by atoms with Crippen LogP contribution in [0.1, 0.15) is 23.7 Å². The number of amides is 1. The Balaban J connectivity index is 1.82. The monoisotopic (exact) mass is 361 g/mol. The van der Waals surface area contributed by atoms with Gasteiger partial charge in [-0.2, -0.15) is 0 Å². The van der Waals surface area contributed by atoms with E-state index in [0.29, 0.717) is 6.04 Å². The fraction of sp³-hybridized carbons (Fsp3) is 0.235. The van der Waals surface area contributed by atoms with E-state index in [1.165, 1.54) is 0 Å². The van der Waals surface area contributed by atoms with Gasteiger partial charge in [0, 0.05) is 15.4 Å². The van der Waals surface area contributed by atoms with Crippen LogP contribution in [0, 0.1) is 0 Å². The highest BCUT2D eigenvalue weighted by molar-refractivity contribution is 9.10. The van der Waals surface area contributed by atoms with Crippen molar-refractivity contribution < 1.29 is 4.79 Å². The number of hydrogen-bond donors (Lipinski definition) is 1. The maximum atomic E-state index is 12.5. The fourth-order valence-electron chi connectivity index (χ4n) is 2.08. The molecule has 1 unspecified atom stereocenters. The summed E-state index contributed by atoms with van der Waals surface area (Å²) in [5, 5.41) is 2.91. The van der Waals surface area contributed by atoms with E-state index >= 15 is 0 Å². The van der Waals surface area contributed by atoms with Crippen LogP contribution < -0.4 is 5.32 Å². The topological polar surface area (TPSA) is 29.1 Å². The summed E-state index contributed by atoms with van der Waals surface area (Å²) in [5.41, 5.74) is 1.04. The highest BCUT2D eigenvalue weighted by atomic mass is 79.9. The van der Waals surface area contributed by atoms with Crippen molar-refractivity contribution in [2.24, 2.45) is 0 Å². The Hall–Kier alpha value is -1.26. The van der Waals surface area contributed by atoms with Crippen molar-refractivity contribution in [1.82, 2.24) is 5.32 Å². The molecule has 2 aromatic rings. The molecule has 2 nitrogen and oxygen atoms in total. The van der Waals surface area contributed by atoms with E-state index in [1.54, 1.807) is 11.8 Å². The Morgan fingerprint density at radius 1 is 1.14 bits per heavy atom. The van der Waals surface area contributed by atoms with Crippen molar-refractivity contribution in [3.05, 3.63) is 64.6 Å². The number of hydrogen-bond acceptors (Lipinski definition) is 2. The largest absolute Gasteiger partial charge is 0.352 e. The molecule has 2 aromatic carbocycles. The summed E-state index contributed by atoms with van der Waals surface area (Å²) in [4.78, 5) is 13.6. The van der Waals surface area contributed by atoms with E-state index in [-0.39, 0.29) is 11.2 Å². The Labute approximate surface area is 137 Å². The zero-order chi connectivity index (χ0) is 14.7. The number of rotatable bonds is 5. The Kier molecular flexibility index (Phi) is 4.66. The van der Waals surface area contributed by atoms with Gasteiger partial charge in [-0.05, 0) is 36.6 Å². The molecule has 0 heterocycles. The second kappa shape index (κ2) is 6.67. The molecule has 108 valence electrons. The van der Waals surface area contributed by atoms with Gasteiger partial charge in [-0.3, -0.25) is 4.79 Å². The quantitative estimate of drug-likeness (QED) is 0.790. The average molecular weight is 362 g/mol. The van der Waals surface area contributed by atoms with Crippen LogP contribution in [0.5, 0.6) is 0 Å². The molecule has 0 radical (unpaired) electrons. The van der Waals surface area contributed by atoms with Crippen molar-refractivity contribution >= 4 is 33.6 Å². The van der Waals surface area contributed by atoms with Gasteiger partial charge in [0.05, 0.1) is 0 Å². The molecule has 1 atom stereocenters. The molecule has 4 heteroatoms. The SMILES string of the molecule is O=C(NC1CC1)C(Sc1cccc(Br)c1)c1ccccc1. The van der Waals surface area contributed by atoms with E-state index in [2.05, 4.69) is 21.2 Å². The number of nitrogens with one attached hydrogen (secondary N) is 1. The maximum Gasteiger partial charge on any atom is 0.238 e. The fourth-order valence-corrected chi connectivity index (χ4v) is 3.73. The third kappa shape index (κ3) is 4.11. The van der Waals surface area contributed by atoms with Crippen LogP contribution in [-0.2, 0) is 4.79 Å². The van der Waals surface area contributed by atoms with Crippen molar-refractivity contribution in [2.75, 3.05) is 0 Å². The molecule has 0 bridgehead atoms. The minimum atomic E-state index is -0.207. The van der Waals surface area contributed by atoms with Crippen molar-refractivity contribution in [1.29, 1.82) is 0 Å². The number of carbonyl (C=O) groups is 1. The third-order valence-corrected chi connectivity index (χ3v) is 5.06. The van der Waals surface area contributed by atoms with Crippen LogP contribution in [0.3, 0.4) is 0 Å². The van der Waals surface area contributed by atoms with Crippen LogP contribution in [-0.4, -0.2) is 11.9 Å². The van der Waals surface area contributed by atoms with E-state index in [0.717, 1.165) is 27.8 Å². The van der Waals surface area contributed by atoms with Gasteiger partial charge in [-0.1, -0.05) is 52.3 Å². The number of thioether (sulfide) groups is 1. The second-order valence-electron chi connectivity index (χ2n) is 5.15. The zero-order valence-electron chi connectivity index (χ0n) is 11.5. The first-order valence-corrected chi connectivity index (χ1v) is 8.67. The van der Waals surface area contributed by atoms with Gasteiger partial charge in [0.2, 0.25) is 5.91 Å². The van der Waals surface area contributed by atoms with E-state index < -0.39 is 0 Å². The van der Waals surface area contributed by atoms with Crippen LogP contribution in [0.25, 0.3) is 0 Å². The first-order valence-electron chi connectivity index (χ1n) is 7.00. The number of carbonyl (C=O) groups excluding carboxylic acids is 1. The maximum absolute atomic E-state index is 12.5. The minimum Gasteiger partial charge on any atom is -0.352 e. The predicted molar refractivity (Wildman–Crippen MR) is 90.3 cm³/mol.